The fourth-order valence-electron chi connectivity index (χ4n) is 7.36. The summed E-state index contributed by atoms with van der Waals surface area (Å²) < 4.78 is 11.4. The molecule has 6 rings (SSSR count). The summed E-state index contributed by atoms with van der Waals surface area (Å²) in [5, 5.41) is 3.86. The first-order valence-corrected chi connectivity index (χ1v) is 17.8. The molecule has 3 saturated heterocycles. The number of anilines is 1. The number of benzene rings is 2. The van der Waals surface area contributed by atoms with Crippen LogP contribution in [0, 0.1) is 0 Å². The Morgan fingerprint density at radius 1 is 0.854 bits per heavy atom. The number of urea groups is 1. The minimum Gasteiger partial charge on any atom is -0.497 e. The first-order valence-electron chi connectivity index (χ1n) is 17.0. The highest BCUT2D eigenvalue weighted by Gasteiger charge is 2.36. The molecular formula is C35H46Cl2N6O5. The summed E-state index contributed by atoms with van der Waals surface area (Å²) in [6.45, 7) is 6.92. The van der Waals surface area contributed by atoms with Gasteiger partial charge in [0.05, 0.1) is 17.2 Å². The van der Waals surface area contributed by atoms with Gasteiger partial charge in [0.15, 0.2) is 6.10 Å². The number of piperazine rings is 1. The molecule has 11 nitrogen and oxygen atoms in total. The third kappa shape index (κ3) is 8.13. The highest BCUT2D eigenvalue weighted by atomic mass is 35.5. The number of likely N-dealkylation sites (tertiary alicyclic amines) is 2. The molecule has 0 aromatic heterocycles. The smallest absolute Gasteiger partial charge is 0.410 e. The van der Waals surface area contributed by atoms with E-state index in [1.807, 2.05) is 34.1 Å². The van der Waals surface area contributed by atoms with Gasteiger partial charge in [-0.2, -0.15) is 0 Å². The molecule has 0 aliphatic carbocycles. The van der Waals surface area contributed by atoms with Crippen LogP contribution in [0.1, 0.15) is 36.8 Å². The van der Waals surface area contributed by atoms with Crippen molar-refractivity contribution < 1.29 is 23.9 Å². The molecule has 0 saturated carbocycles. The zero-order valence-corrected chi connectivity index (χ0v) is 29.3. The SMILES string of the molecule is COc1ccc2c(c1)CCN(C1CCN(C(=O)O[C@H](Cc3ccc(Cl)c(Cl)c3)C(=O)N3CCC(N4CCN(C)CC4)CC3)CC1)C(=O)N2. The monoisotopic (exact) mass is 700 g/mol. The molecule has 4 heterocycles. The number of carbonyl (C=O) groups is 3. The van der Waals surface area contributed by atoms with Gasteiger partial charge in [-0.25, -0.2) is 9.59 Å². The maximum Gasteiger partial charge on any atom is 0.410 e. The number of nitrogens with one attached hydrogen (secondary N) is 1. The number of ether oxygens (including phenoxy) is 2. The van der Waals surface area contributed by atoms with E-state index in [1.165, 1.54) is 0 Å². The van der Waals surface area contributed by atoms with Gasteiger partial charge in [0, 0.05) is 83.1 Å². The van der Waals surface area contributed by atoms with E-state index in [0.717, 1.165) is 61.6 Å². The Hall–Kier alpha value is -3.25. The summed E-state index contributed by atoms with van der Waals surface area (Å²) in [6, 6.07) is 11.2. The summed E-state index contributed by atoms with van der Waals surface area (Å²) in [6.07, 6.45) is 2.45. The maximum atomic E-state index is 14.0. The predicted octanol–water partition coefficient (Wildman–Crippen LogP) is 4.84. The third-order valence-corrected chi connectivity index (χ3v) is 11.1. The number of likely N-dealkylation sites (N-methyl/N-ethyl adjacent to an activating group) is 1. The number of piperidine rings is 2. The molecule has 260 valence electrons. The number of halogens is 2. The van der Waals surface area contributed by atoms with Crippen LogP contribution < -0.4 is 10.1 Å². The average molecular weight is 702 g/mol. The number of nitrogens with zero attached hydrogens (tertiary/aromatic N) is 5. The lowest BCUT2D eigenvalue weighted by atomic mass is 10.0. The van der Waals surface area contributed by atoms with E-state index < -0.39 is 12.2 Å². The Balaban J connectivity index is 1.06. The van der Waals surface area contributed by atoms with E-state index in [-0.39, 0.29) is 24.4 Å². The number of hydrogen-bond donors (Lipinski definition) is 1. The number of carbonyl (C=O) groups excluding carboxylic acids is 3. The molecule has 48 heavy (non-hydrogen) atoms. The van der Waals surface area contributed by atoms with Crippen molar-refractivity contribution in [2.45, 2.75) is 56.7 Å². The van der Waals surface area contributed by atoms with Gasteiger partial charge < -0.3 is 34.4 Å². The summed E-state index contributed by atoms with van der Waals surface area (Å²) >= 11 is 12.5. The van der Waals surface area contributed by atoms with Gasteiger partial charge in [0.1, 0.15) is 5.75 Å². The van der Waals surface area contributed by atoms with Gasteiger partial charge >= 0.3 is 12.1 Å². The Labute approximate surface area is 293 Å². The van der Waals surface area contributed by atoms with Gasteiger partial charge in [0.25, 0.3) is 5.91 Å². The quantitative estimate of drug-likeness (QED) is 0.442. The molecule has 3 fully saturated rings. The van der Waals surface area contributed by atoms with E-state index in [4.69, 9.17) is 32.7 Å². The van der Waals surface area contributed by atoms with Crippen LogP contribution in [-0.2, 0) is 22.4 Å². The second-order valence-electron chi connectivity index (χ2n) is 13.3. The molecule has 4 aliphatic rings. The summed E-state index contributed by atoms with van der Waals surface area (Å²) in [5.74, 6) is 0.577. The van der Waals surface area contributed by atoms with Crippen LogP contribution in [0.5, 0.6) is 5.75 Å². The van der Waals surface area contributed by atoms with Crippen LogP contribution in [0.2, 0.25) is 10.0 Å². The zero-order valence-electron chi connectivity index (χ0n) is 27.8. The van der Waals surface area contributed by atoms with E-state index in [2.05, 4.69) is 22.2 Å². The van der Waals surface area contributed by atoms with Gasteiger partial charge in [-0.15, -0.1) is 0 Å². The topological polar surface area (TPSA) is 97.9 Å². The first-order chi connectivity index (χ1) is 23.2. The van der Waals surface area contributed by atoms with Crippen LogP contribution >= 0.6 is 23.2 Å². The van der Waals surface area contributed by atoms with Crippen LogP contribution in [0.25, 0.3) is 0 Å². The second kappa shape index (κ2) is 15.5. The van der Waals surface area contributed by atoms with Crippen molar-refractivity contribution in [2.24, 2.45) is 0 Å². The standard InChI is InChI=1S/C35H46Cl2N6O5/c1-39-17-19-40(20-18-39)26-8-12-41(13-9-26)33(44)32(22-24-3-5-29(36)30(37)21-24)48-35(46)42-14-10-27(11-15-42)43-16-7-25-23-28(47-2)4-6-31(25)38-34(43)45/h3-6,21,23,26-27,32H,7-20,22H2,1-2H3,(H,38,45)/t32-/m1/s1. The van der Waals surface area contributed by atoms with E-state index in [0.29, 0.717) is 68.1 Å². The minimum absolute atomic E-state index is 0.0134. The van der Waals surface area contributed by atoms with Crippen LogP contribution in [0.4, 0.5) is 15.3 Å². The zero-order chi connectivity index (χ0) is 33.8. The number of rotatable bonds is 7. The van der Waals surface area contributed by atoms with Crippen molar-refractivity contribution >= 4 is 46.9 Å². The highest BCUT2D eigenvalue weighted by Crippen LogP contribution is 2.29. The first kappa shape index (κ1) is 34.6. The number of fused-ring (bicyclic) bond motifs is 1. The van der Waals surface area contributed by atoms with Crippen LogP contribution in [0.3, 0.4) is 0 Å². The fourth-order valence-corrected chi connectivity index (χ4v) is 7.68. The molecule has 4 amide bonds. The van der Waals surface area contributed by atoms with Crippen molar-refractivity contribution in [1.82, 2.24) is 24.5 Å². The highest BCUT2D eigenvalue weighted by molar-refractivity contribution is 6.42. The Bertz CT molecular complexity index is 1470. The van der Waals surface area contributed by atoms with E-state index in [9.17, 15) is 14.4 Å². The Morgan fingerprint density at radius 3 is 2.23 bits per heavy atom. The van der Waals surface area contributed by atoms with Crippen molar-refractivity contribution in [3.63, 3.8) is 0 Å². The Kier molecular flexibility index (Phi) is 11.2. The lowest BCUT2D eigenvalue weighted by Crippen LogP contribution is -2.54. The summed E-state index contributed by atoms with van der Waals surface area (Å²) in [7, 11) is 3.78. The van der Waals surface area contributed by atoms with Crippen LogP contribution in [0.15, 0.2) is 36.4 Å². The molecule has 4 aliphatic heterocycles. The normalized spacial score (nSPS) is 20.9. The minimum atomic E-state index is -0.987. The summed E-state index contributed by atoms with van der Waals surface area (Å²) in [4.78, 5) is 51.0. The lowest BCUT2D eigenvalue weighted by Gasteiger charge is -2.42. The van der Waals surface area contributed by atoms with Gasteiger partial charge in [-0.3, -0.25) is 9.69 Å². The third-order valence-electron chi connectivity index (χ3n) is 10.4. The number of hydrogen-bond acceptors (Lipinski definition) is 7. The molecular weight excluding hydrogens is 655 g/mol. The average Bonchev–Trinajstić information content (AvgIpc) is 3.27. The molecule has 1 N–H and O–H groups in total. The van der Waals surface area contributed by atoms with Crippen molar-refractivity contribution in [3.8, 4) is 5.75 Å². The molecule has 0 bridgehead atoms. The molecule has 0 unspecified atom stereocenters. The fraction of sp³-hybridized carbons (Fsp3) is 0.571. The van der Waals surface area contributed by atoms with Gasteiger partial charge in [0.2, 0.25) is 0 Å². The van der Waals surface area contributed by atoms with E-state index in [1.54, 1.807) is 24.1 Å². The van der Waals surface area contributed by atoms with Crippen molar-refractivity contribution in [3.05, 3.63) is 57.6 Å². The molecule has 0 spiro atoms. The lowest BCUT2D eigenvalue weighted by molar-refractivity contribution is -0.142. The summed E-state index contributed by atoms with van der Waals surface area (Å²) in [5.41, 5.74) is 2.60. The maximum absolute atomic E-state index is 14.0. The van der Waals surface area contributed by atoms with Crippen molar-refractivity contribution in [2.75, 3.05) is 78.4 Å². The molecule has 13 heteroatoms. The second-order valence-corrected chi connectivity index (χ2v) is 14.1. The number of amides is 4. The predicted molar refractivity (Wildman–Crippen MR) is 186 cm³/mol. The molecule has 2 aromatic carbocycles. The Morgan fingerprint density at radius 2 is 1.54 bits per heavy atom. The van der Waals surface area contributed by atoms with Gasteiger partial charge in [-0.05, 0) is 80.6 Å². The molecule has 1 atom stereocenters. The van der Waals surface area contributed by atoms with Crippen LogP contribution in [-0.4, -0.2) is 134 Å². The molecule has 2 aromatic rings. The largest absolute Gasteiger partial charge is 0.497 e. The molecule has 0 radical (unpaired) electrons. The van der Waals surface area contributed by atoms with Crippen molar-refractivity contribution in [1.29, 1.82) is 0 Å². The van der Waals surface area contributed by atoms with E-state index >= 15 is 0 Å². The number of methoxy groups -OCH3 is 1. The van der Waals surface area contributed by atoms with Gasteiger partial charge in [-0.1, -0.05) is 29.3 Å².